The van der Waals surface area contributed by atoms with E-state index in [2.05, 4.69) is 5.32 Å². The Hall–Kier alpha value is -3.35. The number of hydrogen-bond donors (Lipinski definition) is 1. The monoisotopic (exact) mass is 398 g/mol. The van der Waals surface area contributed by atoms with Crippen molar-refractivity contribution in [3.63, 3.8) is 0 Å². The number of hydrogen-bond acceptors (Lipinski definition) is 5. The van der Waals surface area contributed by atoms with Gasteiger partial charge in [-0.05, 0) is 37.6 Å². The van der Waals surface area contributed by atoms with Crippen molar-refractivity contribution in [2.45, 2.75) is 26.4 Å². The van der Waals surface area contributed by atoms with Crippen molar-refractivity contribution in [2.75, 3.05) is 25.5 Å². The van der Waals surface area contributed by atoms with Gasteiger partial charge in [0, 0.05) is 12.7 Å². The minimum Gasteiger partial charge on any atom is -0.479 e. The van der Waals surface area contributed by atoms with Gasteiger partial charge in [0.15, 0.2) is 12.7 Å². The summed E-state index contributed by atoms with van der Waals surface area (Å²) in [6.07, 6.45) is -0.406. The maximum absolute atomic E-state index is 12.2. The Morgan fingerprint density at radius 1 is 1.03 bits per heavy atom. The van der Waals surface area contributed by atoms with Crippen LogP contribution < -0.4 is 10.1 Å². The molecular weight excluding hydrogens is 372 g/mol. The van der Waals surface area contributed by atoms with E-state index in [1.165, 1.54) is 11.9 Å². The van der Waals surface area contributed by atoms with Gasteiger partial charge in [-0.3, -0.25) is 9.59 Å². The average molecular weight is 398 g/mol. The number of nitrogens with one attached hydrogen (secondary N) is 1. The molecule has 0 aliphatic heterocycles. The topological polar surface area (TPSA) is 84.9 Å². The normalized spacial score (nSPS) is 11.3. The van der Waals surface area contributed by atoms with Gasteiger partial charge in [-0.1, -0.05) is 42.8 Å². The second-order valence-corrected chi connectivity index (χ2v) is 6.60. The van der Waals surface area contributed by atoms with Gasteiger partial charge in [0.25, 0.3) is 5.91 Å². The van der Waals surface area contributed by atoms with Gasteiger partial charge in [-0.15, -0.1) is 0 Å². The molecule has 0 saturated carbocycles. The second-order valence-electron chi connectivity index (χ2n) is 6.60. The van der Waals surface area contributed by atoms with Crippen molar-refractivity contribution in [1.82, 2.24) is 4.90 Å². The summed E-state index contributed by atoms with van der Waals surface area (Å²) in [5.41, 5.74) is 1.73. The van der Waals surface area contributed by atoms with Gasteiger partial charge in [0.05, 0.1) is 6.54 Å². The lowest BCUT2D eigenvalue weighted by atomic mass is 10.2. The van der Waals surface area contributed by atoms with Crippen LogP contribution in [0.4, 0.5) is 5.69 Å². The molecule has 0 radical (unpaired) electrons. The predicted molar refractivity (Wildman–Crippen MR) is 110 cm³/mol. The molecule has 7 nitrogen and oxygen atoms in total. The summed E-state index contributed by atoms with van der Waals surface area (Å²) >= 11 is 0. The van der Waals surface area contributed by atoms with Crippen molar-refractivity contribution >= 4 is 23.5 Å². The molecule has 0 unspecified atom stereocenters. The number of nitrogens with zero attached hydrogens (tertiary/aromatic N) is 1. The highest BCUT2D eigenvalue weighted by atomic mass is 16.6. The Bertz CT molecular complexity index is 821. The predicted octanol–water partition coefficient (Wildman–Crippen LogP) is 2.79. The van der Waals surface area contributed by atoms with Crippen LogP contribution in [0.15, 0.2) is 54.6 Å². The molecule has 1 N–H and O–H groups in total. The smallest absolute Gasteiger partial charge is 0.347 e. The average Bonchev–Trinajstić information content (AvgIpc) is 2.72. The number of aryl methyl sites for hydroxylation is 1. The third-order valence-electron chi connectivity index (χ3n) is 4.13. The van der Waals surface area contributed by atoms with E-state index >= 15 is 0 Å². The Morgan fingerprint density at radius 2 is 1.69 bits per heavy atom. The zero-order chi connectivity index (χ0) is 21.2. The Labute approximate surface area is 170 Å². The van der Waals surface area contributed by atoms with Crippen molar-refractivity contribution in [3.05, 3.63) is 60.2 Å². The molecule has 7 heteroatoms. The summed E-state index contributed by atoms with van der Waals surface area (Å²) in [4.78, 5) is 37.7. The summed E-state index contributed by atoms with van der Waals surface area (Å²) < 4.78 is 10.7. The number of anilines is 1. The van der Waals surface area contributed by atoms with Crippen molar-refractivity contribution < 1.29 is 23.9 Å². The van der Waals surface area contributed by atoms with Crippen molar-refractivity contribution in [1.29, 1.82) is 0 Å². The lowest BCUT2D eigenvalue weighted by Gasteiger charge is -2.19. The highest BCUT2D eigenvalue weighted by Gasteiger charge is 2.22. The van der Waals surface area contributed by atoms with Crippen molar-refractivity contribution in [3.8, 4) is 5.75 Å². The molecule has 2 rings (SSSR count). The van der Waals surface area contributed by atoms with Crippen molar-refractivity contribution in [2.24, 2.45) is 0 Å². The van der Waals surface area contributed by atoms with Gasteiger partial charge in [0.1, 0.15) is 5.75 Å². The second kappa shape index (κ2) is 10.8. The summed E-state index contributed by atoms with van der Waals surface area (Å²) in [6.45, 7) is 3.13. The zero-order valence-electron chi connectivity index (χ0n) is 16.9. The first-order valence-electron chi connectivity index (χ1n) is 9.38. The molecule has 0 bridgehead atoms. The molecule has 0 aromatic heterocycles. The molecule has 29 heavy (non-hydrogen) atoms. The molecule has 0 fully saturated rings. The largest absolute Gasteiger partial charge is 0.479 e. The van der Waals surface area contributed by atoms with Gasteiger partial charge < -0.3 is 19.7 Å². The number of carbonyl (C=O) groups excluding carboxylic acids is 3. The highest BCUT2D eigenvalue weighted by molar-refractivity contribution is 5.94. The van der Waals surface area contributed by atoms with Crippen LogP contribution in [-0.4, -0.2) is 49.0 Å². The molecule has 2 aromatic rings. The van der Waals surface area contributed by atoms with E-state index < -0.39 is 24.6 Å². The quantitative estimate of drug-likeness (QED) is 0.657. The molecule has 2 aromatic carbocycles. The fourth-order valence-corrected chi connectivity index (χ4v) is 2.44. The van der Waals surface area contributed by atoms with Gasteiger partial charge >= 0.3 is 5.97 Å². The number of ether oxygens (including phenoxy) is 2. The van der Waals surface area contributed by atoms with Crippen LogP contribution in [0.5, 0.6) is 5.75 Å². The maximum atomic E-state index is 12.2. The first-order valence-corrected chi connectivity index (χ1v) is 9.38. The molecule has 0 heterocycles. The number of esters is 1. The number of carbonyl (C=O) groups is 3. The van der Waals surface area contributed by atoms with E-state index in [9.17, 15) is 14.4 Å². The van der Waals surface area contributed by atoms with Crippen LogP contribution >= 0.6 is 0 Å². The number of likely N-dealkylation sites (N-methyl/N-ethyl adjacent to an activating group) is 1. The minimum atomic E-state index is -0.805. The molecule has 0 aliphatic carbocycles. The lowest BCUT2D eigenvalue weighted by Crippen LogP contribution is -2.38. The SMILES string of the molecule is CC[C@H](Oc1ccccc1)C(=O)OCC(=O)N(C)CC(=O)Nc1ccc(C)cc1. The highest BCUT2D eigenvalue weighted by Crippen LogP contribution is 2.13. The number of benzene rings is 2. The van der Waals surface area contributed by atoms with Gasteiger partial charge in [0.2, 0.25) is 5.91 Å². The van der Waals surface area contributed by atoms with Crippen LogP contribution in [0.2, 0.25) is 0 Å². The minimum absolute atomic E-state index is 0.151. The summed E-state index contributed by atoms with van der Waals surface area (Å²) in [7, 11) is 1.47. The van der Waals surface area contributed by atoms with E-state index in [1.54, 1.807) is 43.3 Å². The fourth-order valence-electron chi connectivity index (χ4n) is 2.44. The Balaban J connectivity index is 1.78. The van der Waals surface area contributed by atoms with E-state index in [4.69, 9.17) is 9.47 Å². The summed E-state index contributed by atoms with van der Waals surface area (Å²) in [6, 6.07) is 16.2. The maximum Gasteiger partial charge on any atom is 0.347 e. The fraction of sp³-hybridized carbons (Fsp3) is 0.318. The third-order valence-corrected chi connectivity index (χ3v) is 4.13. The lowest BCUT2D eigenvalue weighted by molar-refractivity contribution is -0.158. The molecule has 2 amide bonds. The van der Waals surface area contributed by atoms with E-state index in [0.717, 1.165) is 5.56 Å². The van der Waals surface area contributed by atoms with Crippen LogP contribution in [0.3, 0.4) is 0 Å². The first kappa shape index (κ1) is 21.9. The Morgan fingerprint density at radius 3 is 2.31 bits per heavy atom. The Kier molecular flexibility index (Phi) is 8.21. The number of amides is 2. The zero-order valence-corrected chi connectivity index (χ0v) is 16.9. The molecule has 154 valence electrons. The molecule has 0 saturated heterocycles. The standard InChI is InChI=1S/C22H26N2O5/c1-4-19(29-18-8-6-5-7-9-18)22(27)28-15-21(26)24(3)14-20(25)23-17-12-10-16(2)11-13-17/h5-13,19H,4,14-15H2,1-3H3,(H,23,25)/t19-/m0/s1. The van der Waals surface area contributed by atoms with E-state index in [0.29, 0.717) is 17.9 Å². The first-order chi connectivity index (χ1) is 13.9. The number of rotatable bonds is 9. The van der Waals surface area contributed by atoms with E-state index in [1.807, 2.05) is 25.1 Å². The van der Waals surface area contributed by atoms with Gasteiger partial charge in [-0.2, -0.15) is 0 Å². The summed E-state index contributed by atoms with van der Waals surface area (Å²) in [5, 5.41) is 2.71. The summed E-state index contributed by atoms with van der Waals surface area (Å²) in [5.74, 6) is -0.892. The molecular formula is C22H26N2O5. The van der Waals surface area contributed by atoms with Crippen LogP contribution in [0, 0.1) is 6.92 Å². The van der Waals surface area contributed by atoms with E-state index in [-0.39, 0.29) is 12.5 Å². The van der Waals surface area contributed by atoms with Crippen LogP contribution in [0.1, 0.15) is 18.9 Å². The van der Waals surface area contributed by atoms with Crippen LogP contribution in [-0.2, 0) is 19.1 Å². The van der Waals surface area contributed by atoms with Crippen LogP contribution in [0.25, 0.3) is 0 Å². The number of para-hydroxylation sites is 1. The van der Waals surface area contributed by atoms with Gasteiger partial charge in [-0.25, -0.2) is 4.79 Å². The third kappa shape index (κ3) is 7.29. The molecule has 0 aliphatic rings. The molecule has 1 atom stereocenters. The molecule has 0 spiro atoms.